The summed E-state index contributed by atoms with van der Waals surface area (Å²) in [6.45, 7) is 8.20. The van der Waals surface area contributed by atoms with Gasteiger partial charge in [0.2, 0.25) is 5.91 Å². The standard InChI is InChI=1S/C20H26N4OS/c1-14-15(2)21-20(22-16(14)3)26-13-19(25)23-17-7-9-18(10-8-17)24-11-5-4-6-12-24/h7-10H,4-6,11-13H2,1-3H3,(H,23,25). The molecule has 26 heavy (non-hydrogen) atoms. The molecule has 0 radical (unpaired) electrons. The lowest BCUT2D eigenvalue weighted by Crippen LogP contribution is -2.29. The predicted octanol–water partition coefficient (Wildman–Crippen LogP) is 4.12. The van der Waals surface area contributed by atoms with Crippen LogP contribution in [0.3, 0.4) is 0 Å². The lowest BCUT2D eigenvalue weighted by molar-refractivity contribution is -0.113. The number of aromatic nitrogens is 2. The normalized spacial score (nSPS) is 14.3. The van der Waals surface area contributed by atoms with Crippen LogP contribution < -0.4 is 10.2 Å². The molecule has 0 aliphatic carbocycles. The van der Waals surface area contributed by atoms with E-state index in [1.165, 1.54) is 36.7 Å². The Bertz CT molecular complexity index is 747. The van der Waals surface area contributed by atoms with Crippen molar-refractivity contribution in [2.45, 2.75) is 45.2 Å². The molecule has 5 nitrogen and oxygen atoms in total. The number of nitrogens with zero attached hydrogens (tertiary/aromatic N) is 3. The van der Waals surface area contributed by atoms with Gasteiger partial charge in [0.25, 0.3) is 0 Å². The Kier molecular flexibility index (Phi) is 6.14. The van der Waals surface area contributed by atoms with E-state index >= 15 is 0 Å². The van der Waals surface area contributed by atoms with Crippen LogP contribution in [0.1, 0.15) is 36.2 Å². The first-order valence-corrected chi connectivity index (χ1v) is 10.1. The van der Waals surface area contributed by atoms with E-state index in [-0.39, 0.29) is 5.91 Å². The monoisotopic (exact) mass is 370 g/mol. The number of nitrogens with one attached hydrogen (secondary N) is 1. The minimum Gasteiger partial charge on any atom is -0.372 e. The van der Waals surface area contributed by atoms with Crippen LogP contribution in [0, 0.1) is 20.8 Å². The number of rotatable bonds is 5. The third-order valence-corrected chi connectivity index (χ3v) is 5.66. The van der Waals surface area contributed by atoms with Gasteiger partial charge < -0.3 is 10.2 Å². The molecular formula is C20H26N4OS. The van der Waals surface area contributed by atoms with E-state index < -0.39 is 0 Å². The lowest BCUT2D eigenvalue weighted by Gasteiger charge is -2.28. The Labute approximate surface area is 159 Å². The van der Waals surface area contributed by atoms with Crippen molar-refractivity contribution in [3.63, 3.8) is 0 Å². The minimum atomic E-state index is -0.0415. The molecule has 1 fully saturated rings. The van der Waals surface area contributed by atoms with Crippen LogP contribution in [-0.2, 0) is 4.79 Å². The number of anilines is 2. The van der Waals surface area contributed by atoms with Crippen molar-refractivity contribution in [2.24, 2.45) is 0 Å². The van der Waals surface area contributed by atoms with Gasteiger partial charge in [-0.25, -0.2) is 9.97 Å². The molecule has 2 aromatic rings. The van der Waals surface area contributed by atoms with E-state index in [1.54, 1.807) is 0 Å². The van der Waals surface area contributed by atoms with Crippen LogP contribution >= 0.6 is 11.8 Å². The molecule has 0 saturated carbocycles. The van der Waals surface area contributed by atoms with Gasteiger partial charge in [-0.2, -0.15) is 0 Å². The first-order chi connectivity index (χ1) is 12.5. The van der Waals surface area contributed by atoms with Gasteiger partial charge >= 0.3 is 0 Å². The Morgan fingerprint density at radius 1 is 1.04 bits per heavy atom. The fraction of sp³-hybridized carbons (Fsp3) is 0.450. The zero-order chi connectivity index (χ0) is 18.5. The number of thioether (sulfide) groups is 1. The molecule has 6 heteroatoms. The number of aryl methyl sites for hydroxylation is 2. The van der Waals surface area contributed by atoms with E-state index in [0.29, 0.717) is 10.9 Å². The molecular weight excluding hydrogens is 344 g/mol. The number of hydrogen-bond acceptors (Lipinski definition) is 5. The van der Waals surface area contributed by atoms with Crippen LogP contribution in [-0.4, -0.2) is 34.7 Å². The molecule has 0 spiro atoms. The number of amides is 1. The zero-order valence-corrected chi connectivity index (χ0v) is 16.5. The second kappa shape index (κ2) is 8.54. The van der Waals surface area contributed by atoms with E-state index in [2.05, 4.69) is 32.3 Å². The highest BCUT2D eigenvalue weighted by molar-refractivity contribution is 7.99. The second-order valence-electron chi connectivity index (χ2n) is 6.73. The summed E-state index contributed by atoms with van der Waals surface area (Å²) >= 11 is 1.37. The van der Waals surface area contributed by atoms with Crippen LogP contribution in [0.5, 0.6) is 0 Å². The van der Waals surface area contributed by atoms with Crippen molar-refractivity contribution in [3.8, 4) is 0 Å². The van der Waals surface area contributed by atoms with Gasteiger partial charge in [-0.05, 0) is 69.9 Å². The van der Waals surface area contributed by atoms with Gasteiger partial charge in [0, 0.05) is 35.9 Å². The van der Waals surface area contributed by atoms with Gasteiger partial charge in [0.05, 0.1) is 5.75 Å². The first kappa shape index (κ1) is 18.7. The molecule has 1 aromatic carbocycles. The fourth-order valence-corrected chi connectivity index (χ4v) is 3.78. The van der Waals surface area contributed by atoms with Gasteiger partial charge in [-0.15, -0.1) is 0 Å². The average molecular weight is 371 g/mol. The van der Waals surface area contributed by atoms with Crippen LogP contribution in [0.4, 0.5) is 11.4 Å². The molecule has 138 valence electrons. The third kappa shape index (κ3) is 4.75. The number of carbonyl (C=O) groups excluding carboxylic acids is 1. The summed E-state index contributed by atoms with van der Waals surface area (Å²) in [6, 6.07) is 8.13. The summed E-state index contributed by atoms with van der Waals surface area (Å²) in [5.74, 6) is 0.260. The third-order valence-electron chi connectivity index (χ3n) is 4.82. The summed E-state index contributed by atoms with van der Waals surface area (Å²) in [4.78, 5) is 23.5. The average Bonchev–Trinajstić information content (AvgIpc) is 2.65. The molecule has 0 bridgehead atoms. The van der Waals surface area contributed by atoms with Crippen LogP contribution in [0.2, 0.25) is 0 Å². The van der Waals surface area contributed by atoms with Crippen molar-refractivity contribution >= 4 is 29.0 Å². The molecule has 1 aromatic heterocycles. The fourth-order valence-electron chi connectivity index (χ4n) is 3.04. The smallest absolute Gasteiger partial charge is 0.234 e. The molecule has 1 aliphatic rings. The van der Waals surface area contributed by atoms with E-state index in [1.807, 2.05) is 32.9 Å². The summed E-state index contributed by atoms with van der Waals surface area (Å²) in [5, 5.41) is 3.60. The van der Waals surface area contributed by atoms with Gasteiger partial charge in [0.15, 0.2) is 5.16 Å². The van der Waals surface area contributed by atoms with Crippen molar-refractivity contribution in [3.05, 3.63) is 41.2 Å². The largest absolute Gasteiger partial charge is 0.372 e. The highest BCUT2D eigenvalue weighted by atomic mass is 32.2. The quantitative estimate of drug-likeness (QED) is 0.634. The van der Waals surface area contributed by atoms with E-state index in [0.717, 1.165) is 35.7 Å². The molecule has 1 amide bonds. The molecule has 2 heterocycles. The molecule has 1 saturated heterocycles. The summed E-state index contributed by atoms with van der Waals surface area (Å²) in [5.41, 5.74) is 5.10. The topological polar surface area (TPSA) is 58.1 Å². The second-order valence-corrected chi connectivity index (χ2v) is 7.68. The zero-order valence-electron chi connectivity index (χ0n) is 15.7. The number of hydrogen-bond donors (Lipinski definition) is 1. The first-order valence-electron chi connectivity index (χ1n) is 9.12. The number of benzene rings is 1. The summed E-state index contributed by atoms with van der Waals surface area (Å²) in [6.07, 6.45) is 3.84. The Morgan fingerprint density at radius 3 is 2.27 bits per heavy atom. The predicted molar refractivity (Wildman–Crippen MR) is 108 cm³/mol. The molecule has 1 N–H and O–H groups in total. The maximum absolute atomic E-state index is 12.2. The van der Waals surface area contributed by atoms with Gasteiger partial charge in [-0.3, -0.25) is 4.79 Å². The highest BCUT2D eigenvalue weighted by Gasteiger charge is 2.12. The van der Waals surface area contributed by atoms with Crippen molar-refractivity contribution in [1.29, 1.82) is 0 Å². The lowest BCUT2D eigenvalue weighted by atomic mass is 10.1. The van der Waals surface area contributed by atoms with E-state index in [9.17, 15) is 4.79 Å². The summed E-state index contributed by atoms with van der Waals surface area (Å²) < 4.78 is 0. The molecule has 0 unspecified atom stereocenters. The maximum Gasteiger partial charge on any atom is 0.234 e. The van der Waals surface area contributed by atoms with Gasteiger partial charge in [-0.1, -0.05) is 11.8 Å². The van der Waals surface area contributed by atoms with Crippen molar-refractivity contribution in [1.82, 2.24) is 9.97 Å². The van der Waals surface area contributed by atoms with Crippen LogP contribution in [0.25, 0.3) is 0 Å². The Hall–Kier alpha value is -2.08. The highest BCUT2D eigenvalue weighted by Crippen LogP contribution is 2.22. The van der Waals surface area contributed by atoms with Crippen LogP contribution in [0.15, 0.2) is 29.4 Å². The number of piperidine rings is 1. The Morgan fingerprint density at radius 2 is 1.65 bits per heavy atom. The SMILES string of the molecule is Cc1nc(SCC(=O)Nc2ccc(N3CCCCC3)cc2)nc(C)c1C. The molecule has 3 rings (SSSR count). The van der Waals surface area contributed by atoms with Crippen molar-refractivity contribution < 1.29 is 4.79 Å². The maximum atomic E-state index is 12.2. The van der Waals surface area contributed by atoms with Gasteiger partial charge in [0.1, 0.15) is 0 Å². The Balaban J connectivity index is 1.53. The number of carbonyl (C=O) groups is 1. The molecule has 1 aliphatic heterocycles. The van der Waals surface area contributed by atoms with Crippen molar-refractivity contribution in [2.75, 3.05) is 29.1 Å². The summed E-state index contributed by atoms with van der Waals surface area (Å²) in [7, 11) is 0. The van der Waals surface area contributed by atoms with E-state index in [4.69, 9.17) is 0 Å². The molecule has 0 atom stereocenters. The minimum absolute atomic E-state index is 0.0415.